The Balaban J connectivity index is 1.53. The molecule has 9 atom stereocenters. The van der Waals surface area contributed by atoms with Gasteiger partial charge in [0, 0.05) is 0 Å². The highest BCUT2D eigenvalue weighted by Crippen LogP contribution is 2.77. The molecule has 0 aromatic carbocycles. The summed E-state index contributed by atoms with van der Waals surface area (Å²) in [5.74, 6) is 4.99. The Labute approximate surface area is 182 Å². The van der Waals surface area contributed by atoms with Crippen molar-refractivity contribution in [2.75, 3.05) is 0 Å². The highest BCUT2D eigenvalue weighted by molar-refractivity contribution is 5.18. The lowest BCUT2D eigenvalue weighted by Gasteiger charge is -2.73. The van der Waals surface area contributed by atoms with Crippen molar-refractivity contribution in [3.63, 3.8) is 0 Å². The SMILES string of the molecule is CC[C@@H]1CC[C@@]2(C)C1CCC1(C)C2CCC2C3(C)CCCC(C)(C)C3CCC21C. The van der Waals surface area contributed by atoms with E-state index in [4.69, 9.17) is 0 Å². The third-order valence-corrected chi connectivity index (χ3v) is 13.4. The lowest BCUT2D eigenvalue weighted by atomic mass is 9.32. The topological polar surface area (TPSA) is 0 Å². The van der Waals surface area contributed by atoms with Gasteiger partial charge in [0.1, 0.15) is 0 Å². The summed E-state index contributed by atoms with van der Waals surface area (Å²) in [5.41, 5.74) is 2.97. The van der Waals surface area contributed by atoms with Gasteiger partial charge in [0.25, 0.3) is 0 Å². The Morgan fingerprint density at radius 1 is 0.586 bits per heavy atom. The quantitative estimate of drug-likeness (QED) is 0.413. The maximum absolute atomic E-state index is 2.81. The molecule has 0 amide bonds. The van der Waals surface area contributed by atoms with Crippen molar-refractivity contribution in [1.82, 2.24) is 0 Å². The molecule has 0 nitrogen and oxygen atoms in total. The molecule has 0 radical (unpaired) electrons. The maximum Gasteiger partial charge on any atom is -0.0235 e. The lowest BCUT2D eigenvalue weighted by molar-refractivity contribution is -0.241. The fraction of sp³-hybridized carbons (Fsp3) is 1.00. The van der Waals surface area contributed by atoms with Gasteiger partial charge in [-0.25, -0.2) is 0 Å². The number of fused-ring (bicyclic) bond motifs is 7. The molecule has 5 fully saturated rings. The monoisotopic (exact) mass is 398 g/mol. The van der Waals surface area contributed by atoms with Crippen LogP contribution in [0.2, 0.25) is 0 Å². The number of hydrogen-bond donors (Lipinski definition) is 0. The van der Waals surface area contributed by atoms with E-state index in [9.17, 15) is 0 Å². The van der Waals surface area contributed by atoms with E-state index in [0.717, 1.165) is 29.6 Å². The van der Waals surface area contributed by atoms with Gasteiger partial charge >= 0.3 is 0 Å². The summed E-state index contributed by atoms with van der Waals surface area (Å²) in [4.78, 5) is 0. The third kappa shape index (κ3) is 2.44. The smallest absolute Gasteiger partial charge is 0.0235 e. The van der Waals surface area contributed by atoms with Crippen molar-refractivity contribution in [3.8, 4) is 0 Å². The fourth-order valence-electron chi connectivity index (χ4n) is 11.9. The van der Waals surface area contributed by atoms with Crippen molar-refractivity contribution in [2.45, 2.75) is 126 Å². The summed E-state index contributed by atoms with van der Waals surface area (Å²) < 4.78 is 0. The van der Waals surface area contributed by atoms with Crippen LogP contribution in [-0.2, 0) is 0 Å². The van der Waals surface area contributed by atoms with Gasteiger partial charge in [-0.1, -0.05) is 61.3 Å². The van der Waals surface area contributed by atoms with Gasteiger partial charge < -0.3 is 0 Å². The summed E-state index contributed by atoms with van der Waals surface area (Å²) in [5, 5.41) is 0. The van der Waals surface area contributed by atoms with Gasteiger partial charge in [-0.15, -0.1) is 0 Å². The van der Waals surface area contributed by atoms with E-state index in [0.29, 0.717) is 27.1 Å². The lowest BCUT2D eigenvalue weighted by Crippen LogP contribution is -2.65. The Morgan fingerprint density at radius 2 is 1.21 bits per heavy atom. The predicted molar refractivity (Wildman–Crippen MR) is 125 cm³/mol. The largest absolute Gasteiger partial charge is 0.0651 e. The molecule has 29 heavy (non-hydrogen) atoms. The zero-order chi connectivity index (χ0) is 20.9. The molecule has 0 aromatic rings. The Hall–Kier alpha value is 0. The molecule has 166 valence electrons. The Kier molecular flexibility index (Phi) is 4.52. The summed E-state index contributed by atoms with van der Waals surface area (Å²) in [6.45, 7) is 18.8. The molecule has 5 aliphatic carbocycles. The van der Waals surface area contributed by atoms with Gasteiger partial charge in [0.2, 0.25) is 0 Å². The minimum Gasteiger partial charge on any atom is -0.0651 e. The second-order valence-electron chi connectivity index (χ2n) is 14.3. The van der Waals surface area contributed by atoms with Crippen LogP contribution in [0.1, 0.15) is 126 Å². The van der Waals surface area contributed by atoms with Crippen molar-refractivity contribution >= 4 is 0 Å². The first kappa shape index (κ1) is 20.9. The third-order valence-electron chi connectivity index (χ3n) is 13.4. The van der Waals surface area contributed by atoms with E-state index in [2.05, 4.69) is 48.5 Å². The molecule has 0 N–H and O–H groups in total. The highest BCUT2D eigenvalue weighted by atomic mass is 14.7. The van der Waals surface area contributed by atoms with E-state index in [1.807, 2.05) is 0 Å². The molecule has 0 saturated heterocycles. The second-order valence-corrected chi connectivity index (χ2v) is 14.3. The van der Waals surface area contributed by atoms with Crippen LogP contribution in [0, 0.1) is 56.7 Å². The van der Waals surface area contributed by atoms with Crippen molar-refractivity contribution in [2.24, 2.45) is 56.7 Å². The second kappa shape index (κ2) is 6.28. The van der Waals surface area contributed by atoms with Gasteiger partial charge in [0.05, 0.1) is 0 Å². The van der Waals surface area contributed by atoms with Gasteiger partial charge in [0.15, 0.2) is 0 Å². The fourth-order valence-corrected chi connectivity index (χ4v) is 11.9. The highest BCUT2D eigenvalue weighted by Gasteiger charge is 2.69. The first-order chi connectivity index (χ1) is 13.5. The van der Waals surface area contributed by atoms with Crippen molar-refractivity contribution in [3.05, 3.63) is 0 Å². The van der Waals surface area contributed by atoms with E-state index in [1.54, 1.807) is 12.8 Å². The molecule has 7 unspecified atom stereocenters. The van der Waals surface area contributed by atoms with Crippen LogP contribution in [0.15, 0.2) is 0 Å². The summed E-state index contributed by atoms with van der Waals surface area (Å²) >= 11 is 0. The molecule has 0 heterocycles. The Bertz CT molecular complexity index is 661. The van der Waals surface area contributed by atoms with Crippen LogP contribution in [0.5, 0.6) is 0 Å². The van der Waals surface area contributed by atoms with Gasteiger partial charge in [-0.05, 0) is 121 Å². The summed E-state index contributed by atoms with van der Waals surface area (Å²) in [6.07, 6.45) is 18.1. The van der Waals surface area contributed by atoms with Crippen LogP contribution >= 0.6 is 0 Å². The first-order valence-electron chi connectivity index (χ1n) is 13.5. The zero-order valence-corrected chi connectivity index (χ0v) is 20.9. The van der Waals surface area contributed by atoms with Gasteiger partial charge in [-0.3, -0.25) is 0 Å². The molecule has 5 saturated carbocycles. The van der Waals surface area contributed by atoms with Crippen molar-refractivity contribution < 1.29 is 0 Å². The van der Waals surface area contributed by atoms with E-state index >= 15 is 0 Å². The van der Waals surface area contributed by atoms with Crippen LogP contribution in [0.3, 0.4) is 0 Å². The first-order valence-corrected chi connectivity index (χ1v) is 13.5. The van der Waals surface area contributed by atoms with Crippen molar-refractivity contribution in [1.29, 1.82) is 0 Å². The molecule has 0 bridgehead atoms. The number of rotatable bonds is 1. The van der Waals surface area contributed by atoms with E-state index < -0.39 is 0 Å². The van der Waals surface area contributed by atoms with E-state index in [-0.39, 0.29) is 0 Å². The van der Waals surface area contributed by atoms with Crippen LogP contribution in [0.25, 0.3) is 0 Å². The summed E-state index contributed by atoms with van der Waals surface area (Å²) in [6, 6.07) is 0. The minimum absolute atomic E-state index is 0.565. The molecule has 5 rings (SSSR count). The maximum atomic E-state index is 2.81. The molecule has 0 aromatic heterocycles. The van der Waals surface area contributed by atoms with Crippen LogP contribution < -0.4 is 0 Å². The summed E-state index contributed by atoms with van der Waals surface area (Å²) in [7, 11) is 0. The molecule has 5 aliphatic rings. The molecular formula is C29H50. The average Bonchev–Trinajstić information content (AvgIpc) is 2.98. The molecule has 0 aliphatic heterocycles. The minimum atomic E-state index is 0.565. The Morgan fingerprint density at radius 3 is 1.86 bits per heavy atom. The van der Waals surface area contributed by atoms with Crippen LogP contribution in [0.4, 0.5) is 0 Å². The van der Waals surface area contributed by atoms with Crippen LogP contribution in [-0.4, -0.2) is 0 Å². The molecular weight excluding hydrogens is 348 g/mol. The molecule has 0 heteroatoms. The number of hydrogen-bond acceptors (Lipinski definition) is 0. The normalized spacial score (nSPS) is 58.7. The standard InChI is InChI=1S/C29H50/c1-8-20-12-17-26(4)21(20)13-18-28(6)23(26)10-11-24-27(5)16-9-15-25(2,3)22(27)14-19-29(24,28)7/h20-24H,8-19H2,1-7H3/t20-,21?,22?,23?,24?,26+,27?,28?,29?/m1/s1. The zero-order valence-electron chi connectivity index (χ0n) is 20.9. The van der Waals surface area contributed by atoms with Gasteiger partial charge in [-0.2, -0.15) is 0 Å². The van der Waals surface area contributed by atoms with E-state index in [1.165, 1.54) is 64.2 Å². The average molecular weight is 399 g/mol. The molecule has 0 spiro atoms. The predicted octanol–water partition coefficient (Wildman–Crippen LogP) is 8.89.